The van der Waals surface area contributed by atoms with Crippen molar-refractivity contribution in [3.8, 4) is 0 Å². The van der Waals surface area contributed by atoms with Gasteiger partial charge in [0, 0.05) is 25.3 Å². The number of halogens is 4. The SMILES string of the molecule is CC(C)(C)[C@@H](NC(=O)C(F)(F)F)C(=O)N1C[C@@H]2CCC[C@@H]2[C@@H]1C(=O)N[C@@H](/C=C(/F)S(C)(=O)=O)C[C@H]1CCNC1=O. The van der Waals surface area contributed by atoms with Crippen LogP contribution < -0.4 is 16.0 Å². The molecule has 3 rings (SSSR count). The van der Waals surface area contributed by atoms with Crippen molar-refractivity contribution in [1.29, 1.82) is 0 Å². The molecule has 15 heteroatoms. The second-order valence-electron chi connectivity index (χ2n) is 11.9. The Morgan fingerprint density at radius 1 is 1.12 bits per heavy atom. The lowest BCUT2D eigenvalue weighted by Crippen LogP contribution is -2.60. The number of alkyl halides is 3. The molecular formula is C25H36F4N4O6S. The molecule has 4 amide bonds. The third kappa shape index (κ3) is 7.32. The summed E-state index contributed by atoms with van der Waals surface area (Å²) in [6.07, 6.45) is -1.55. The van der Waals surface area contributed by atoms with E-state index in [0.717, 1.165) is 6.42 Å². The van der Waals surface area contributed by atoms with Crippen molar-refractivity contribution in [1.82, 2.24) is 20.9 Å². The van der Waals surface area contributed by atoms with Gasteiger partial charge in [-0.2, -0.15) is 17.6 Å². The topological polar surface area (TPSA) is 142 Å². The molecule has 0 aromatic carbocycles. The highest BCUT2D eigenvalue weighted by Crippen LogP contribution is 2.43. The van der Waals surface area contributed by atoms with Gasteiger partial charge in [-0.3, -0.25) is 19.2 Å². The fraction of sp³-hybridized carbons (Fsp3) is 0.760. The number of rotatable bonds is 8. The Hall–Kier alpha value is -2.71. The lowest BCUT2D eigenvalue weighted by Gasteiger charge is -2.36. The Kier molecular flexibility index (Phi) is 9.26. The molecule has 0 aromatic rings. The van der Waals surface area contributed by atoms with Gasteiger partial charge in [-0.05, 0) is 49.0 Å². The lowest BCUT2D eigenvalue weighted by atomic mass is 9.85. The molecule has 2 saturated heterocycles. The molecule has 226 valence electrons. The molecule has 3 fully saturated rings. The normalized spacial score (nSPS) is 27.1. The molecule has 0 bridgehead atoms. The Morgan fingerprint density at radius 2 is 1.77 bits per heavy atom. The summed E-state index contributed by atoms with van der Waals surface area (Å²) in [4.78, 5) is 52.4. The van der Waals surface area contributed by atoms with Gasteiger partial charge in [0.1, 0.15) is 12.1 Å². The lowest BCUT2D eigenvalue weighted by molar-refractivity contribution is -0.176. The van der Waals surface area contributed by atoms with Crippen molar-refractivity contribution in [3.05, 3.63) is 11.2 Å². The Bertz CT molecular complexity index is 1170. The van der Waals surface area contributed by atoms with Crippen LogP contribution in [0.4, 0.5) is 17.6 Å². The number of amides is 4. The van der Waals surface area contributed by atoms with Gasteiger partial charge >= 0.3 is 12.1 Å². The van der Waals surface area contributed by atoms with Crippen molar-refractivity contribution >= 4 is 33.5 Å². The van der Waals surface area contributed by atoms with Crippen LogP contribution in [0.25, 0.3) is 0 Å². The molecule has 10 nitrogen and oxygen atoms in total. The third-order valence-corrected chi connectivity index (χ3v) is 8.65. The number of nitrogens with one attached hydrogen (secondary N) is 3. The van der Waals surface area contributed by atoms with E-state index in [2.05, 4.69) is 10.6 Å². The molecule has 0 spiro atoms. The highest BCUT2D eigenvalue weighted by molar-refractivity contribution is 7.94. The van der Waals surface area contributed by atoms with E-state index >= 15 is 0 Å². The number of nitrogens with zero attached hydrogens (tertiary/aromatic N) is 1. The molecule has 3 aliphatic rings. The van der Waals surface area contributed by atoms with Gasteiger partial charge in [-0.15, -0.1) is 0 Å². The van der Waals surface area contributed by atoms with Crippen molar-refractivity contribution in [2.24, 2.45) is 23.2 Å². The van der Waals surface area contributed by atoms with E-state index in [1.54, 1.807) is 5.32 Å². The van der Waals surface area contributed by atoms with Gasteiger partial charge in [-0.1, -0.05) is 27.2 Å². The third-order valence-electron chi connectivity index (χ3n) is 7.80. The molecule has 3 N–H and O–H groups in total. The molecule has 2 aliphatic heterocycles. The monoisotopic (exact) mass is 596 g/mol. The summed E-state index contributed by atoms with van der Waals surface area (Å²) < 4.78 is 77.1. The van der Waals surface area contributed by atoms with Crippen molar-refractivity contribution in [3.63, 3.8) is 0 Å². The van der Waals surface area contributed by atoms with Crippen LogP contribution in [-0.4, -0.2) is 80.6 Å². The molecular weight excluding hydrogens is 560 g/mol. The van der Waals surface area contributed by atoms with Gasteiger partial charge in [0.25, 0.3) is 0 Å². The zero-order valence-corrected chi connectivity index (χ0v) is 23.6. The number of carbonyl (C=O) groups excluding carboxylic acids is 4. The van der Waals surface area contributed by atoms with Gasteiger partial charge in [0.15, 0.2) is 0 Å². The Morgan fingerprint density at radius 3 is 2.30 bits per heavy atom. The van der Waals surface area contributed by atoms with Gasteiger partial charge in [-0.25, -0.2) is 8.42 Å². The van der Waals surface area contributed by atoms with Gasteiger partial charge in [0.05, 0.1) is 6.04 Å². The number of hydrogen-bond acceptors (Lipinski definition) is 6. The van der Waals surface area contributed by atoms with Crippen LogP contribution in [0, 0.1) is 23.2 Å². The first-order valence-corrected chi connectivity index (χ1v) is 15.0. The fourth-order valence-corrected chi connectivity index (χ4v) is 6.20. The molecule has 40 heavy (non-hydrogen) atoms. The van der Waals surface area contributed by atoms with Crippen LogP contribution in [0.15, 0.2) is 11.2 Å². The van der Waals surface area contributed by atoms with E-state index in [-0.39, 0.29) is 30.7 Å². The molecule has 0 unspecified atom stereocenters. The van der Waals surface area contributed by atoms with Crippen LogP contribution in [0.3, 0.4) is 0 Å². The summed E-state index contributed by atoms with van der Waals surface area (Å²) in [5.74, 6) is -5.25. The summed E-state index contributed by atoms with van der Waals surface area (Å²) in [6, 6.07) is -3.95. The largest absolute Gasteiger partial charge is 0.471 e. The standard InChI is InChI=1S/C25H36F4N4O6S/c1-24(2,3)19(32-23(37)25(27,28)29)22(36)33-12-14-6-5-7-16(14)18(33)21(35)31-15(11-17(26)40(4,38)39)10-13-8-9-30-20(13)34/h11,13-16,18-19H,5-10,12H2,1-4H3,(H,30,34)(H,31,35)(H,32,37)/b17-11-/t13-,14+,15-,16+,18-,19+/m1/s1. The van der Waals surface area contributed by atoms with E-state index < -0.39 is 68.4 Å². The second-order valence-corrected chi connectivity index (χ2v) is 13.9. The van der Waals surface area contributed by atoms with Crippen LogP contribution in [0.2, 0.25) is 0 Å². The van der Waals surface area contributed by atoms with Crippen molar-refractivity contribution in [2.45, 2.75) is 77.2 Å². The van der Waals surface area contributed by atoms with Crippen LogP contribution in [0.1, 0.15) is 52.9 Å². The number of fused-ring (bicyclic) bond motifs is 1. The molecule has 2 heterocycles. The molecule has 0 radical (unpaired) electrons. The Balaban J connectivity index is 1.91. The summed E-state index contributed by atoms with van der Waals surface area (Å²) in [5.41, 5.74) is -1.14. The molecule has 1 aliphatic carbocycles. The minimum Gasteiger partial charge on any atom is -0.356 e. The minimum absolute atomic E-state index is 0.0826. The fourth-order valence-electron chi connectivity index (χ4n) is 5.79. The first-order valence-electron chi connectivity index (χ1n) is 13.1. The Labute approximate surface area is 230 Å². The van der Waals surface area contributed by atoms with Crippen molar-refractivity contribution < 1.29 is 45.2 Å². The second kappa shape index (κ2) is 11.6. The van der Waals surface area contributed by atoms with Crippen molar-refractivity contribution in [2.75, 3.05) is 19.3 Å². The highest BCUT2D eigenvalue weighted by Gasteiger charge is 2.53. The zero-order chi connectivity index (χ0) is 30.2. The number of sulfone groups is 1. The first-order chi connectivity index (χ1) is 18.3. The van der Waals surface area contributed by atoms with E-state index in [0.29, 0.717) is 38.1 Å². The average Bonchev–Trinajstić information content (AvgIpc) is 3.50. The minimum atomic E-state index is -5.22. The van der Waals surface area contributed by atoms with Crippen LogP contribution >= 0.6 is 0 Å². The van der Waals surface area contributed by atoms with Crippen LogP contribution in [0.5, 0.6) is 0 Å². The zero-order valence-electron chi connectivity index (χ0n) is 22.8. The smallest absolute Gasteiger partial charge is 0.356 e. The quantitative estimate of drug-likeness (QED) is 0.364. The number of hydrogen-bond donors (Lipinski definition) is 3. The molecule has 6 atom stereocenters. The number of likely N-dealkylation sites (tertiary alicyclic amines) is 1. The van der Waals surface area contributed by atoms with E-state index in [1.165, 1.54) is 25.7 Å². The summed E-state index contributed by atoms with van der Waals surface area (Å²) in [6.45, 7) is 4.91. The summed E-state index contributed by atoms with van der Waals surface area (Å²) in [7, 11) is -4.24. The first kappa shape index (κ1) is 31.8. The summed E-state index contributed by atoms with van der Waals surface area (Å²) in [5, 5.41) is 5.50. The predicted molar refractivity (Wildman–Crippen MR) is 135 cm³/mol. The highest BCUT2D eigenvalue weighted by atomic mass is 32.2. The predicted octanol–water partition coefficient (Wildman–Crippen LogP) is 1.57. The van der Waals surface area contributed by atoms with Crippen LogP contribution in [-0.2, 0) is 29.0 Å². The maximum Gasteiger partial charge on any atom is 0.471 e. The molecule has 0 aromatic heterocycles. The van der Waals surface area contributed by atoms with E-state index in [1.807, 2.05) is 0 Å². The molecule has 1 saturated carbocycles. The average molecular weight is 597 g/mol. The maximum absolute atomic E-state index is 14.5. The number of carbonyl (C=O) groups is 4. The van der Waals surface area contributed by atoms with E-state index in [9.17, 15) is 45.2 Å². The van der Waals surface area contributed by atoms with Gasteiger partial charge in [0.2, 0.25) is 32.7 Å². The summed E-state index contributed by atoms with van der Waals surface area (Å²) >= 11 is 0. The maximum atomic E-state index is 14.5. The van der Waals surface area contributed by atoms with Gasteiger partial charge < -0.3 is 20.9 Å². The van der Waals surface area contributed by atoms with E-state index in [4.69, 9.17) is 0 Å².